The standard InChI is InChI=1S/C9H11Cl2NS/c1-6(10)4-12-7(2)8-3-9(11)13-5-8/h3,5,7,12H,1,4H2,2H3. The molecule has 1 unspecified atom stereocenters. The van der Waals surface area contributed by atoms with Crippen LogP contribution in [0.25, 0.3) is 0 Å². The normalized spacial score (nSPS) is 12.8. The maximum Gasteiger partial charge on any atom is 0.0931 e. The van der Waals surface area contributed by atoms with Gasteiger partial charge in [0, 0.05) is 17.6 Å². The first kappa shape index (κ1) is 11.1. The van der Waals surface area contributed by atoms with E-state index in [1.807, 2.05) is 11.4 Å². The lowest BCUT2D eigenvalue weighted by molar-refractivity contribution is 0.616. The molecule has 0 spiro atoms. The van der Waals surface area contributed by atoms with Crippen LogP contribution in [-0.2, 0) is 0 Å². The quantitative estimate of drug-likeness (QED) is 0.838. The van der Waals surface area contributed by atoms with E-state index in [0.717, 1.165) is 4.34 Å². The molecule has 1 nitrogen and oxygen atoms in total. The first-order valence-electron chi connectivity index (χ1n) is 3.90. The zero-order valence-electron chi connectivity index (χ0n) is 7.31. The fourth-order valence-electron chi connectivity index (χ4n) is 0.932. The van der Waals surface area contributed by atoms with Crippen molar-refractivity contribution in [2.45, 2.75) is 13.0 Å². The van der Waals surface area contributed by atoms with E-state index in [1.54, 1.807) is 0 Å². The van der Waals surface area contributed by atoms with Gasteiger partial charge in [-0.25, -0.2) is 0 Å². The summed E-state index contributed by atoms with van der Waals surface area (Å²) in [7, 11) is 0. The molecule has 0 saturated carbocycles. The molecule has 0 aromatic carbocycles. The molecule has 1 aromatic heterocycles. The van der Waals surface area contributed by atoms with Gasteiger partial charge in [0.15, 0.2) is 0 Å². The monoisotopic (exact) mass is 235 g/mol. The van der Waals surface area contributed by atoms with Gasteiger partial charge in [-0.3, -0.25) is 0 Å². The molecule has 1 heterocycles. The number of hydrogen-bond acceptors (Lipinski definition) is 2. The number of hydrogen-bond donors (Lipinski definition) is 1. The third-order valence-corrected chi connectivity index (χ3v) is 2.93. The van der Waals surface area contributed by atoms with E-state index in [2.05, 4.69) is 18.8 Å². The fourth-order valence-corrected chi connectivity index (χ4v) is 1.99. The third-order valence-electron chi connectivity index (χ3n) is 1.69. The second-order valence-electron chi connectivity index (χ2n) is 2.80. The van der Waals surface area contributed by atoms with Gasteiger partial charge in [0.05, 0.1) is 4.34 Å². The highest BCUT2D eigenvalue weighted by Gasteiger charge is 2.06. The van der Waals surface area contributed by atoms with Gasteiger partial charge in [0.2, 0.25) is 0 Å². The summed E-state index contributed by atoms with van der Waals surface area (Å²) in [6, 6.07) is 2.22. The van der Waals surface area contributed by atoms with E-state index in [9.17, 15) is 0 Å². The van der Waals surface area contributed by atoms with Crippen molar-refractivity contribution in [2.24, 2.45) is 0 Å². The lowest BCUT2D eigenvalue weighted by Crippen LogP contribution is -2.19. The van der Waals surface area contributed by atoms with E-state index >= 15 is 0 Å². The Morgan fingerprint density at radius 1 is 1.77 bits per heavy atom. The Morgan fingerprint density at radius 3 is 2.92 bits per heavy atom. The first-order valence-corrected chi connectivity index (χ1v) is 5.53. The molecule has 0 fully saturated rings. The zero-order valence-corrected chi connectivity index (χ0v) is 9.64. The van der Waals surface area contributed by atoms with Crippen molar-refractivity contribution >= 4 is 34.5 Å². The van der Waals surface area contributed by atoms with Crippen LogP contribution in [0.3, 0.4) is 0 Å². The number of rotatable bonds is 4. The predicted octanol–water partition coefficient (Wildman–Crippen LogP) is 3.80. The average Bonchev–Trinajstić information content (AvgIpc) is 2.47. The minimum atomic E-state index is 0.263. The van der Waals surface area contributed by atoms with Crippen molar-refractivity contribution in [3.63, 3.8) is 0 Å². The van der Waals surface area contributed by atoms with Crippen molar-refractivity contribution in [1.82, 2.24) is 5.32 Å². The van der Waals surface area contributed by atoms with Gasteiger partial charge < -0.3 is 5.32 Å². The van der Waals surface area contributed by atoms with Crippen LogP contribution in [0.5, 0.6) is 0 Å². The third kappa shape index (κ3) is 3.69. The Morgan fingerprint density at radius 2 is 2.46 bits per heavy atom. The van der Waals surface area contributed by atoms with Crippen LogP contribution >= 0.6 is 34.5 Å². The fraction of sp³-hybridized carbons (Fsp3) is 0.333. The maximum absolute atomic E-state index is 5.81. The van der Waals surface area contributed by atoms with E-state index in [-0.39, 0.29) is 6.04 Å². The molecule has 1 atom stereocenters. The summed E-state index contributed by atoms with van der Waals surface area (Å²) in [6.45, 7) is 6.29. The second kappa shape index (κ2) is 5.01. The molecule has 0 radical (unpaired) electrons. The Bertz CT molecular complexity index is 296. The topological polar surface area (TPSA) is 12.0 Å². The molecular weight excluding hydrogens is 225 g/mol. The van der Waals surface area contributed by atoms with Crippen LogP contribution in [0.1, 0.15) is 18.5 Å². The van der Waals surface area contributed by atoms with Gasteiger partial charge in [-0.1, -0.05) is 29.8 Å². The molecule has 0 amide bonds. The predicted molar refractivity (Wildman–Crippen MR) is 60.7 cm³/mol. The van der Waals surface area contributed by atoms with Gasteiger partial charge in [-0.2, -0.15) is 0 Å². The van der Waals surface area contributed by atoms with E-state index in [1.165, 1.54) is 16.9 Å². The van der Waals surface area contributed by atoms with Gasteiger partial charge in [-0.05, 0) is 23.9 Å². The molecule has 0 aliphatic rings. The van der Waals surface area contributed by atoms with Crippen LogP contribution in [0, 0.1) is 0 Å². The van der Waals surface area contributed by atoms with Gasteiger partial charge in [0.25, 0.3) is 0 Å². The van der Waals surface area contributed by atoms with E-state index < -0.39 is 0 Å². The van der Waals surface area contributed by atoms with Crippen molar-refractivity contribution in [2.75, 3.05) is 6.54 Å². The molecule has 0 aliphatic carbocycles. The van der Waals surface area contributed by atoms with Crippen molar-refractivity contribution in [3.8, 4) is 0 Å². The SMILES string of the molecule is C=C(Cl)CNC(C)c1csc(Cl)c1. The first-order chi connectivity index (χ1) is 6.09. The summed E-state index contributed by atoms with van der Waals surface area (Å²) in [6.07, 6.45) is 0. The molecule has 1 N–H and O–H groups in total. The molecule has 72 valence electrons. The van der Waals surface area contributed by atoms with Crippen LogP contribution in [-0.4, -0.2) is 6.54 Å². The molecule has 1 aromatic rings. The Hall–Kier alpha value is -0.0200. The van der Waals surface area contributed by atoms with Crippen molar-refractivity contribution < 1.29 is 0 Å². The number of halogens is 2. The summed E-state index contributed by atoms with van der Waals surface area (Å²) in [5.41, 5.74) is 1.19. The van der Waals surface area contributed by atoms with E-state index in [0.29, 0.717) is 11.6 Å². The molecule has 0 aliphatic heterocycles. The lowest BCUT2D eigenvalue weighted by atomic mass is 10.2. The lowest BCUT2D eigenvalue weighted by Gasteiger charge is -2.10. The highest BCUT2D eigenvalue weighted by molar-refractivity contribution is 7.14. The van der Waals surface area contributed by atoms with Gasteiger partial charge >= 0.3 is 0 Å². The number of nitrogens with one attached hydrogen (secondary N) is 1. The summed E-state index contributed by atoms with van der Waals surface area (Å²) in [5, 5.41) is 5.89. The highest BCUT2D eigenvalue weighted by Crippen LogP contribution is 2.24. The molecule has 1 rings (SSSR count). The Labute approximate surface area is 92.4 Å². The van der Waals surface area contributed by atoms with Crippen molar-refractivity contribution in [1.29, 1.82) is 0 Å². The van der Waals surface area contributed by atoms with Crippen LogP contribution in [0.2, 0.25) is 4.34 Å². The second-order valence-corrected chi connectivity index (χ2v) is 4.88. The van der Waals surface area contributed by atoms with Gasteiger partial charge in [0.1, 0.15) is 0 Å². The van der Waals surface area contributed by atoms with Crippen LogP contribution in [0.15, 0.2) is 23.1 Å². The van der Waals surface area contributed by atoms with Crippen LogP contribution < -0.4 is 5.32 Å². The van der Waals surface area contributed by atoms with Crippen LogP contribution in [0.4, 0.5) is 0 Å². The number of thiophene rings is 1. The molecule has 13 heavy (non-hydrogen) atoms. The largest absolute Gasteiger partial charge is 0.305 e. The summed E-state index contributed by atoms with van der Waals surface area (Å²) in [4.78, 5) is 0. The summed E-state index contributed by atoms with van der Waals surface area (Å²) >= 11 is 13.0. The molecule has 0 saturated heterocycles. The molecule has 4 heteroatoms. The zero-order chi connectivity index (χ0) is 9.84. The smallest absolute Gasteiger partial charge is 0.0931 e. The maximum atomic E-state index is 5.81. The molecular formula is C9H11Cl2NS. The van der Waals surface area contributed by atoms with Gasteiger partial charge in [-0.15, -0.1) is 11.3 Å². The minimum absolute atomic E-state index is 0.263. The summed E-state index contributed by atoms with van der Waals surface area (Å²) in [5.74, 6) is 0. The highest BCUT2D eigenvalue weighted by atomic mass is 35.5. The van der Waals surface area contributed by atoms with Crippen molar-refractivity contribution in [3.05, 3.63) is 33.0 Å². The Balaban J connectivity index is 2.48. The average molecular weight is 236 g/mol. The summed E-state index contributed by atoms with van der Waals surface area (Å²) < 4.78 is 0.813. The van der Waals surface area contributed by atoms with E-state index in [4.69, 9.17) is 23.2 Å². The Kier molecular flexibility index (Phi) is 4.26. The molecule has 0 bridgehead atoms. The minimum Gasteiger partial charge on any atom is -0.305 e.